The van der Waals surface area contributed by atoms with Gasteiger partial charge < -0.3 is 20.5 Å². The lowest BCUT2D eigenvalue weighted by molar-refractivity contribution is 0.229. The van der Waals surface area contributed by atoms with Crippen molar-refractivity contribution >= 4 is 11.9 Å². The van der Waals surface area contributed by atoms with Crippen LogP contribution in [0.1, 0.15) is 33.1 Å². The molecule has 20 heavy (non-hydrogen) atoms. The van der Waals surface area contributed by atoms with E-state index in [4.69, 9.17) is 9.84 Å². The van der Waals surface area contributed by atoms with Crippen LogP contribution in [0, 0.1) is 5.92 Å². The number of aliphatic hydroxyl groups is 1. The monoisotopic (exact) mass is 283 g/mol. The van der Waals surface area contributed by atoms with Gasteiger partial charge in [0.15, 0.2) is 0 Å². The molecule has 3 N–H and O–H groups in total. The summed E-state index contributed by atoms with van der Waals surface area (Å²) < 4.78 is 5.42. The van der Waals surface area contributed by atoms with E-state index in [1.165, 1.54) is 0 Å². The highest BCUT2D eigenvalue weighted by Crippen LogP contribution is 2.11. The van der Waals surface area contributed by atoms with Crippen LogP contribution < -0.4 is 15.4 Å². The SMILES string of the molecule is CCCOc1nc(NC)nc(NCCCC(C)CO)n1. The number of hydrogen-bond acceptors (Lipinski definition) is 7. The molecule has 0 aliphatic rings. The van der Waals surface area contributed by atoms with E-state index in [0.29, 0.717) is 30.4 Å². The molecule has 114 valence electrons. The summed E-state index contributed by atoms with van der Waals surface area (Å²) in [6.07, 6.45) is 2.82. The smallest absolute Gasteiger partial charge is 0.323 e. The van der Waals surface area contributed by atoms with Crippen LogP contribution in [-0.2, 0) is 0 Å². The van der Waals surface area contributed by atoms with Gasteiger partial charge in [-0.25, -0.2) is 0 Å². The minimum atomic E-state index is 0.227. The average molecular weight is 283 g/mol. The quantitative estimate of drug-likeness (QED) is 0.561. The lowest BCUT2D eigenvalue weighted by atomic mass is 10.1. The number of aliphatic hydroxyl groups excluding tert-OH is 1. The molecule has 0 spiro atoms. The van der Waals surface area contributed by atoms with Crippen LogP contribution in [0.15, 0.2) is 0 Å². The van der Waals surface area contributed by atoms with Gasteiger partial charge in [-0.2, -0.15) is 15.0 Å². The molecule has 0 aliphatic heterocycles. The van der Waals surface area contributed by atoms with E-state index in [0.717, 1.165) is 25.8 Å². The van der Waals surface area contributed by atoms with E-state index in [2.05, 4.69) is 25.6 Å². The van der Waals surface area contributed by atoms with E-state index in [1.807, 2.05) is 13.8 Å². The first-order valence-corrected chi connectivity index (χ1v) is 7.11. The molecule has 0 fully saturated rings. The minimum Gasteiger partial charge on any atom is -0.463 e. The first kappa shape index (κ1) is 16.4. The Balaban J connectivity index is 2.50. The van der Waals surface area contributed by atoms with Gasteiger partial charge in [0.1, 0.15) is 0 Å². The number of nitrogens with zero attached hydrogens (tertiary/aromatic N) is 3. The first-order valence-electron chi connectivity index (χ1n) is 7.11. The van der Waals surface area contributed by atoms with Crippen LogP contribution in [0.5, 0.6) is 6.01 Å². The van der Waals surface area contributed by atoms with Crippen molar-refractivity contribution in [1.29, 1.82) is 0 Å². The summed E-state index contributed by atoms with van der Waals surface area (Å²) in [6.45, 7) is 5.62. The molecule has 1 heterocycles. The molecule has 1 unspecified atom stereocenters. The summed E-state index contributed by atoms with van der Waals surface area (Å²) in [5.74, 6) is 1.32. The fourth-order valence-electron chi connectivity index (χ4n) is 1.55. The second kappa shape index (κ2) is 9.30. The first-order chi connectivity index (χ1) is 9.69. The van der Waals surface area contributed by atoms with Gasteiger partial charge in [-0.3, -0.25) is 0 Å². The highest BCUT2D eigenvalue weighted by Gasteiger charge is 2.06. The third kappa shape index (κ3) is 6.01. The van der Waals surface area contributed by atoms with Gasteiger partial charge in [-0.05, 0) is 25.2 Å². The molecule has 0 saturated heterocycles. The minimum absolute atomic E-state index is 0.227. The Labute approximate surface area is 120 Å². The van der Waals surface area contributed by atoms with E-state index in [-0.39, 0.29) is 6.61 Å². The van der Waals surface area contributed by atoms with Crippen LogP contribution in [0.3, 0.4) is 0 Å². The number of rotatable bonds is 10. The zero-order chi connectivity index (χ0) is 14.8. The predicted molar refractivity (Wildman–Crippen MR) is 79.1 cm³/mol. The standard InChI is InChI=1S/C13H25N5O2/c1-4-8-20-13-17-11(14-3)16-12(18-13)15-7-5-6-10(2)9-19/h10,19H,4-9H2,1-3H3,(H2,14,15,16,17,18). The third-order valence-electron chi connectivity index (χ3n) is 2.74. The largest absolute Gasteiger partial charge is 0.463 e. The van der Waals surface area contributed by atoms with Gasteiger partial charge >= 0.3 is 6.01 Å². The highest BCUT2D eigenvalue weighted by molar-refractivity contribution is 5.35. The number of hydrogen-bond donors (Lipinski definition) is 3. The fourth-order valence-corrected chi connectivity index (χ4v) is 1.55. The Bertz CT molecular complexity index is 389. The van der Waals surface area contributed by atoms with Crippen molar-refractivity contribution in [1.82, 2.24) is 15.0 Å². The lowest BCUT2D eigenvalue weighted by Gasteiger charge is -2.10. The summed E-state index contributed by atoms with van der Waals surface area (Å²) in [5, 5.41) is 15.0. The van der Waals surface area contributed by atoms with E-state index in [1.54, 1.807) is 7.05 Å². The van der Waals surface area contributed by atoms with Gasteiger partial charge in [0.2, 0.25) is 11.9 Å². The molecule has 1 aromatic heterocycles. The lowest BCUT2D eigenvalue weighted by Crippen LogP contribution is -2.11. The summed E-state index contributed by atoms with van der Waals surface area (Å²) in [4.78, 5) is 12.6. The molecular weight excluding hydrogens is 258 g/mol. The van der Waals surface area contributed by atoms with Crippen LogP contribution in [-0.4, -0.2) is 46.9 Å². The summed E-state index contributed by atoms with van der Waals surface area (Å²) in [7, 11) is 1.76. The van der Waals surface area contributed by atoms with E-state index in [9.17, 15) is 0 Å². The molecule has 0 bridgehead atoms. The number of ether oxygens (including phenoxy) is 1. The van der Waals surface area contributed by atoms with Crippen molar-refractivity contribution in [2.75, 3.05) is 37.4 Å². The van der Waals surface area contributed by atoms with Gasteiger partial charge in [0.05, 0.1) is 6.61 Å². The Kier molecular flexibility index (Phi) is 7.64. The molecular formula is C13H25N5O2. The molecule has 7 nitrogen and oxygen atoms in total. The Morgan fingerprint density at radius 2 is 2.00 bits per heavy atom. The second-order valence-corrected chi connectivity index (χ2v) is 4.72. The summed E-state index contributed by atoms with van der Waals surface area (Å²) in [5.41, 5.74) is 0. The topological polar surface area (TPSA) is 92.2 Å². The van der Waals surface area contributed by atoms with Crippen LogP contribution in [0.4, 0.5) is 11.9 Å². The molecule has 0 aliphatic carbocycles. The van der Waals surface area contributed by atoms with Gasteiger partial charge in [0, 0.05) is 20.2 Å². The van der Waals surface area contributed by atoms with E-state index < -0.39 is 0 Å². The Morgan fingerprint density at radius 1 is 1.25 bits per heavy atom. The molecule has 1 aromatic rings. The van der Waals surface area contributed by atoms with Crippen LogP contribution in [0.2, 0.25) is 0 Å². The second-order valence-electron chi connectivity index (χ2n) is 4.72. The maximum absolute atomic E-state index is 8.96. The molecule has 1 rings (SSSR count). The molecule has 0 aromatic carbocycles. The van der Waals surface area contributed by atoms with Crippen LogP contribution in [0.25, 0.3) is 0 Å². The average Bonchev–Trinajstić information content (AvgIpc) is 2.48. The number of aromatic nitrogens is 3. The van der Waals surface area contributed by atoms with E-state index >= 15 is 0 Å². The van der Waals surface area contributed by atoms with Gasteiger partial charge in [0.25, 0.3) is 0 Å². The number of nitrogens with one attached hydrogen (secondary N) is 2. The van der Waals surface area contributed by atoms with Crippen molar-refractivity contribution in [2.24, 2.45) is 5.92 Å². The van der Waals surface area contributed by atoms with Crippen molar-refractivity contribution in [2.45, 2.75) is 33.1 Å². The highest BCUT2D eigenvalue weighted by atomic mass is 16.5. The Morgan fingerprint density at radius 3 is 2.65 bits per heavy atom. The zero-order valence-corrected chi connectivity index (χ0v) is 12.5. The normalized spacial score (nSPS) is 12.0. The maximum atomic E-state index is 8.96. The van der Waals surface area contributed by atoms with Crippen molar-refractivity contribution < 1.29 is 9.84 Å². The molecule has 1 atom stereocenters. The predicted octanol–water partition coefficient (Wildman–Crippen LogP) is 1.52. The van der Waals surface area contributed by atoms with Gasteiger partial charge in [-0.15, -0.1) is 0 Å². The van der Waals surface area contributed by atoms with Crippen molar-refractivity contribution in [3.8, 4) is 6.01 Å². The zero-order valence-electron chi connectivity index (χ0n) is 12.5. The van der Waals surface area contributed by atoms with Crippen LogP contribution >= 0.6 is 0 Å². The van der Waals surface area contributed by atoms with Crippen molar-refractivity contribution in [3.05, 3.63) is 0 Å². The molecule has 0 saturated carbocycles. The Hall–Kier alpha value is -1.63. The number of anilines is 2. The fraction of sp³-hybridized carbons (Fsp3) is 0.769. The van der Waals surface area contributed by atoms with Crippen molar-refractivity contribution in [3.63, 3.8) is 0 Å². The molecule has 0 amide bonds. The van der Waals surface area contributed by atoms with Gasteiger partial charge in [-0.1, -0.05) is 13.8 Å². The molecule has 7 heteroatoms. The summed E-state index contributed by atoms with van der Waals surface area (Å²) >= 11 is 0. The molecule has 0 radical (unpaired) electrons. The summed E-state index contributed by atoms with van der Waals surface area (Å²) in [6, 6.07) is 0.331. The third-order valence-corrected chi connectivity index (χ3v) is 2.74. The maximum Gasteiger partial charge on any atom is 0.323 e.